The molecular formula is C11H10O3. The summed E-state index contributed by atoms with van der Waals surface area (Å²) in [6, 6.07) is 9.47. The highest BCUT2D eigenvalue weighted by molar-refractivity contribution is 5.63. The summed E-state index contributed by atoms with van der Waals surface area (Å²) in [5.74, 6) is 0. The quantitative estimate of drug-likeness (QED) is 0.530. The summed E-state index contributed by atoms with van der Waals surface area (Å²) in [5.41, 5.74) is 0.920. The molecule has 1 aliphatic heterocycles. The van der Waals surface area contributed by atoms with Crippen LogP contribution in [0.1, 0.15) is 11.7 Å². The highest BCUT2D eigenvalue weighted by Gasteiger charge is 2.35. The maximum absolute atomic E-state index is 10.9. The molecule has 0 radical (unpaired) electrons. The number of carbonyl (C=O) groups is 1. The van der Waals surface area contributed by atoms with Crippen molar-refractivity contribution in [2.75, 3.05) is 0 Å². The molecule has 0 N–H and O–H groups in total. The second kappa shape index (κ2) is 3.54. The molecule has 1 saturated heterocycles. The Morgan fingerprint density at radius 1 is 1.21 bits per heavy atom. The minimum absolute atomic E-state index is 0.360. The first-order valence-corrected chi connectivity index (χ1v) is 4.36. The van der Waals surface area contributed by atoms with Crippen LogP contribution in [0.5, 0.6) is 0 Å². The first-order valence-electron chi connectivity index (χ1n) is 4.36. The predicted octanol–water partition coefficient (Wildman–Crippen LogP) is 2.45. The number of carbonyl (C=O) groups excluding carboxylic acids is 1. The Kier molecular flexibility index (Phi) is 2.23. The molecule has 1 aromatic carbocycles. The molecule has 0 saturated carbocycles. The van der Waals surface area contributed by atoms with E-state index < -0.39 is 6.16 Å². The first kappa shape index (κ1) is 8.81. The van der Waals surface area contributed by atoms with Gasteiger partial charge in [-0.2, -0.15) is 0 Å². The lowest BCUT2D eigenvalue weighted by molar-refractivity contribution is 0.117. The number of ether oxygens (including phenoxy) is 2. The molecule has 0 aliphatic carbocycles. The Hall–Kier alpha value is -1.77. The van der Waals surface area contributed by atoms with Gasteiger partial charge in [-0.05, 0) is 11.6 Å². The summed E-state index contributed by atoms with van der Waals surface area (Å²) in [4.78, 5) is 10.9. The fraction of sp³-hybridized carbons (Fsp3) is 0.182. The minimum atomic E-state index is -0.635. The molecule has 3 nitrogen and oxygen atoms in total. The third-order valence-corrected chi connectivity index (χ3v) is 2.11. The van der Waals surface area contributed by atoms with Crippen LogP contribution in [0.25, 0.3) is 0 Å². The van der Waals surface area contributed by atoms with Crippen molar-refractivity contribution in [3.8, 4) is 0 Å². The highest BCUT2D eigenvalue weighted by atomic mass is 16.8. The lowest BCUT2D eigenvalue weighted by Crippen LogP contribution is -2.11. The van der Waals surface area contributed by atoms with Crippen LogP contribution in [0.15, 0.2) is 43.0 Å². The summed E-state index contributed by atoms with van der Waals surface area (Å²) in [5, 5.41) is 0. The Balaban J connectivity index is 2.26. The fourth-order valence-electron chi connectivity index (χ4n) is 1.44. The molecule has 2 atom stereocenters. The van der Waals surface area contributed by atoms with Crippen LogP contribution >= 0.6 is 0 Å². The van der Waals surface area contributed by atoms with Gasteiger partial charge in [-0.3, -0.25) is 0 Å². The summed E-state index contributed by atoms with van der Waals surface area (Å²) in [7, 11) is 0. The van der Waals surface area contributed by atoms with Crippen molar-refractivity contribution in [1.82, 2.24) is 0 Å². The van der Waals surface area contributed by atoms with Gasteiger partial charge in [0, 0.05) is 0 Å². The van der Waals surface area contributed by atoms with Crippen molar-refractivity contribution >= 4 is 6.16 Å². The smallest absolute Gasteiger partial charge is 0.422 e. The van der Waals surface area contributed by atoms with Gasteiger partial charge in [0.1, 0.15) is 0 Å². The number of hydrogen-bond acceptors (Lipinski definition) is 3. The molecule has 1 aromatic rings. The Bertz CT molecular complexity index is 345. The van der Waals surface area contributed by atoms with Gasteiger partial charge in [0.05, 0.1) is 0 Å². The lowest BCUT2D eigenvalue weighted by atomic mass is 10.1. The zero-order valence-corrected chi connectivity index (χ0v) is 7.55. The van der Waals surface area contributed by atoms with E-state index in [1.807, 2.05) is 30.3 Å². The number of benzene rings is 1. The summed E-state index contributed by atoms with van der Waals surface area (Å²) in [6.45, 7) is 3.60. The van der Waals surface area contributed by atoms with E-state index in [4.69, 9.17) is 9.47 Å². The van der Waals surface area contributed by atoms with E-state index in [1.165, 1.54) is 0 Å². The SMILES string of the molecule is C=CC1OC(=O)O[C@@H]1c1ccccc1. The second-order valence-electron chi connectivity index (χ2n) is 3.02. The van der Waals surface area contributed by atoms with E-state index in [-0.39, 0.29) is 12.2 Å². The molecule has 2 rings (SSSR count). The molecular weight excluding hydrogens is 180 g/mol. The zero-order valence-electron chi connectivity index (χ0n) is 7.55. The molecule has 1 unspecified atom stereocenters. The average Bonchev–Trinajstić information content (AvgIpc) is 2.61. The van der Waals surface area contributed by atoms with Gasteiger partial charge >= 0.3 is 6.16 Å². The maximum Gasteiger partial charge on any atom is 0.509 e. The molecule has 1 fully saturated rings. The zero-order chi connectivity index (χ0) is 9.97. The number of hydrogen-bond donors (Lipinski definition) is 0. The van der Waals surface area contributed by atoms with E-state index in [1.54, 1.807) is 6.08 Å². The second-order valence-corrected chi connectivity index (χ2v) is 3.02. The van der Waals surface area contributed by atoms with Crippen LogP contribution in [0.4, 0.5) is 4.79 Å². The van der Waals surface area contributed by atoms with E-state index in [0.717, 1.165) is 5.56 Å². The Labute approximate surface area is 81.9 Å². The number of rotatable bonds is 2. The molecule has 14 heavy (non-hydrogen) atoms. The largest absolute Gasteiger partial charge is 0.509 e. The van der Waals surface area contributed by atoms with Gasteiger partial charge in [-0.1, -0.05) is 36.9 Å². The van der Waals surface area contributed by atoms with Gasteiger partial charge in [0.15, 0.2) is 12.2 Å². The summed E-state index contributed by atoms with van der Waals surface area (Å²) < 4.78 is 9.92. The van der Waals surface area contributed by atoms with E-state index in [2.05, 4.69) is 6.58 Å². The van der Waals surface area contributed by atoms with Crippen molar-refractivity contribution in [2.24, 2.45) is 0 Å². The molecule has 1 heterocycles. The molecule has 0 amide bonds. The number of cyclic esters (lactones) is 2. The van der Waals surface area contributed by atoms with Crippen LogP contribution in [-0.2, 0) is 9.47 Å². The molecule has 1 aliphatic rings. The maximum atomic E-state index is 10.9. The Morgan fingerprint density at radius 2 is 1.93 bits per heavy atom. The molecule has 0 bridgehead atoms. The average molecular weight is 190 g/mol. The van der Waals surface area contributed by atoms with Crippen LogP contribution < -0.4 is 0 Å². The monoisotopic (exact) mass is 190 g/mol. The van der Waals surface area contributed by atoms with Crippen molar-refractivity contribution in [2.45, 2.75) is 12.2 Å². The van der Waals surface area contributed by atoms with E-state index in [0.29, 0.717) is 0 Å². The van der Waals surface area contributed by atoms with Gasteiger partial charge < -0.3 is 9.47 Å². The molecule has 72 valence electrons. The lowest BCUT2D eigenvalue weighted by Gasteiger charge is -2.11. The van der Waals surface area contributed by atoms with Crippen LogP contribution in [0.2, 0.25) is 0 Å². The van der Waals surface area contributed by atoms with Crippen molar-refractivity contribution in [3.63, 3.8) is 0 Å². The normalized spacial score (nSPS) is 25.3. The summed E-state index contributed by atoms with van der Waals surface area (Å²) >= 11 is 0. The van der Waals surface area contributed by atoms with Gasteiger partial charge in [0.2, 0.25) is 0 Å². The predicted molar refractivity (Wildman–Crippen MR) is 50.7 cm³/mol. The van der Waals surface area contributed by atoms with Gasteiger partial charge in [0.25, 0.3) is 0 Å². The molecule has 0 spiro atoms. The van der Waals surface area contributed by atoms with Gasteiger partial charge in [-0.15, -0.1) is 0 Å². The van der Waals surface area contributed by atoms with Crippen molar-refractivity contribution in [3.05, 3.63) is 48.6 Å². The topological polar surface area (TPSA) is 35.5 Å². The Morgan fingerprint density at radius 3 is 2.57 bits per heavy atom. The van der Waals surface area contributed by atoms with Crippen molar-refractivity contribution < 1.29 is 14.3 Å². The molecule has 3 heteroatoms. The van der Waals surface area contributed by atoms with Gasteiger partial charge in [-0.25, -0.2) is 4.79 Å². The van der Waals surface area contributed by atoms with E-state index in [9.17, 15) is 4.79 Å². The fourth-order valence-corrected chi connectivity index (χ4v) is 1.44. The first-order chi connectivity index (χ1) is 6.81. The minimum Gasteiger partial charge on any atom is -0.422 e. The van der Waals surface area contributed by atoms with E-state index >= 15 is 0 Å². The standard InChI is InChI=1S/C11H10O3/c1-2-9-10(14-11(12)13-9)8-6-4-3-5-7-8/h2-7,9-10H,1H2/t9?,10-/m1/s1. The highest BCUT2D eigenvalue weighted by Crippen LogP contribution is 2.30. The third-order valence-electron chi connectivity index (χ3n) is 2.11. The molecule has 0 aromatic heterocycles. The van der Waals surface area contributed by atoms with Crippen LogP contribution in [0.3, 0.4) is 0 Å². The summed E-state index contributed by atoms with van der Waals surface area (Å²) in [6.07, 6.45) is 0.192. The van der Waals surface area contributed by atoms with Crippen molar-refractivity contribution in [1.29, 1.82) is 0 Å². The van der Waals surface area contributed by atoms with Crippen LogP contribution in [0, 0.1) is 0 Å². The van der Waals surface area contributed by atoms with Crippen LogP contribution in [-0.4, -0.2) is 12.3 Å². The third kappa shape index (κ3) is 1.48.